The summed E-state index contributed by atoms with van der Waals surface area (Å²) in [4.78, 5) is 0. The molecular formula is C12H8Br2N2O. The van der Waals surface area contributed by atoms with Crippen LogP contribution in [0.15, 0.2) is 43.9 Å². The minimum atomic E-state index is 0.538. The van der Waals surface area contributed by atoms with Gasteiger partial charge in [-0.05, 0) is 46.3 Å². The first-order chi connectivity index (χ1) is 8.19. The van der Waals surface area contributed by atoms with E-state index in [0.29, 0.717) is 16.8 Å². The Bertz CT molecular complexity index is 572. The van der Waals surface area contributed by atoms with Gasteiger partial charge in [0.25, 0.3) is 0 Å². The van der Waals surface area contributed by atoms with Crippen molar-refractivity contribution in [1.29, 1.82) is 5.26 Å². The molecule has 3 nitrogen and oxygen atoms in total. The van der Waals surface area contributed by atoms with Gasteiger partial charge in [0.2, 0.25) is 0 Å². The second-order valence-corrected chi connectivity index (χ2v) is 5.06. The predicted molar refractivity (Wildman–Crippen MR) is 72.6 cm³/mol. The number of hydrogen-bond acceptors (Lipinski definition) is 3. The molecule has 1 heterocycles. The van der Waals surface area contributed by atoms with Crippen molar-refractivity contribution >= 4 is 37.5 Å². The fourth-order valence-electron chi connectivity index (χ4n) is 1.39. The van der Waals surface area contributed by atoms with Crippen LogP contribution in [0.5, 0.6) is 0 Å². The standard InChI is InChI=1S/C12H8Br2N2O/c13-9-2-1-8(6-15)11(5-9)16-7-10-3-4-12(14)17-10/h1-5,16H,7H2. The minimum absolute atomic E-state index is 0.538. The van der Waals surface area contributed by atoms with E-state index in [1.165, 1.54) is 0 Å². The Morgan fingerprint density at radius 2 is 2.06 bits per heavy atom. The smallest absolute Gasteiger partial charge is 0.169 e. The van der Waals surface area contributed by atoms with Gasteiger partial charge in [-0.2, -0.15) is 5.26 Å². The Morgan fingerprint density at radius 1 is 1.24 bits per heavy atom. The first-order valence-electron chi connectivity index (χ1n) is 4.87. The van der Waals surface area contributed by atoms with Crippen LogP contribution in [0.1, 0.15) is 11.3 Å². The Hall–Kier alpha value is -1.25. The van der Waals surface area contributed by atoms with E-state index >= 15 is 0 Å². The summed E-state index contributed by atoms with van der Waals surface area (Å²) < 4.78 is 7.00. The highest BCUT2D eigenvalue weighted by Gasteiger charge is 2.04. The van der Waals surface area contributed by atoms with Crippen LogP contribution < -0.4 is 5.32 Å². The highest BCUT2D eigenvalue weighted by atomic mass is 79.9. The molecule has 1 aromatic carbocycles. The number of furan rings is 1. The van der Waals surface area contributed by atoms with Crippen molar-refractivity contribution in [1.82, 2.24) is 0 Å². The summed E-state index contributed by atoms with van der Waals surface area (Å²) in [7, 11) is 0. The van der Waals surface area contributed by atoms with Gasteiger partial charge in [-0.1, -0.05) is 15.9 Å². The summed E-state index contributed by atoms with van der Waals surface area (Å²) in [5.74, 6) is 0.806. The van der Waals surface area contributed by atoms with Crippen molar-refractivity contribution in [2.24, 2.45) is 0 Å². The Labute approximate surface area is 116 Å². The zero-order chi connectivity index (χ0) is 12.3. The topological polar surface area (TPSA) is 49.0 Å². The van der Waals surface area contributed by atoms with Gasteiger partial charge >= 0.3 is 0 Å². The van der Waals surface area contributed by atoms with Gasteiger partial charge in [0, 0.05) is 4.47 Å². The molecule has 0 amide bonds. The Kier molecular flexibility index (Phi) is 3.87. The fourth-order valence-corrected chi connectivity index (χ4v) is 2.09. The molecule has 5 heteroatoms. The minimum Gasteiger partial charge on any atom is -0.452 e. The van der Waals surface area contributed by atoms with E-state index < -0.39 is 0 Å². The average Bonchev–Trinajstić information content (AvgIpc) is 2.73. The molecule has 2 aromatic rings. The van der Waals surface area contributed by atoms with E-state index in [4.69, 9.17) is 9.68 Å². The molecule has 0 aliphatic rings. The van der Waals surface area contributed by atoms with E-state index in [2.05, 4.69) is 43.2 Å². The first-order valence-corrected chi connectivity index (χ1v) is 6.45. The van der Waals surface area contributed by atoms with Crippen molar-refractivity contribution in [3.05, 3.63) is 50.8 Å². The van der Waals surface area contributed by atoms with Crippen molar-refractivity contribution in [3.63, 3.8) is 0 Å². The zero-order valence-corrected chi connectivity index (χ0v) is 11.9. The van der Waals surface area contributed by atoms with Gasteiger partial charge < -0.3 is 9.73 Å². The van der Waals surface area contributed by atoms with Crippen molar-refractivity contribution in [3.8, 4) is 6.07 Å². The molecule has 17 heavy (non-hydrogen) atoms. The lowest BCUT2D eigenvalue weighted by atomic mass is 10.2. The van der Waals surface area contributed by atoms with Gasteiger partial charge in [0.15, 0.2) is 4.67 Å². The summed E-state index contributed by atoms with van der Waals surface area (Å²) in [5.41, 5.74) is 1.40. The third kappa shape index (κ3) is 3.11. The van der Waals surface area contributed by atoms with Crippen LogP contribution in [0.4, 0.5) is 5.69 Å². The van der Waals surface area contributed by atoms with Crippen LogP contribution in [0.3, 0.4) is 0 Å². The molecule has 0 radical (unpaired) electrons. The van der Waals surface area contributed by atoms with Crippen LogP contribution >= 0.6 is 31.9 Å². The van der Waals surface area contributed by atoms with E-state index in [1.807, 2.05) is 24.3 Å². The number of hydrogen-bond donors (Lipinski definition) is 1. The third-order valence-electron chi connectivity index (χ3n) is 2.18. The van der Waals surface area contributed by atoms with E-state index in [0.717, 1.165) is 15.9 Å². The van der Waals surface area contributed by atoms with Gasteiger partial charge in [-0.25, -0.2) is 0 Å². The van der Waals surface area contributed by atoms with Crippen molar-refractivity contribution in [2.45, 2.75) is 6.54 Å². The number of nitrogens with one attached hydrogen (secondary N) is 1. The molecule has 0 spiro atoms. The molecule has 0 aliphatic heterocycles. The molecule has 0 atom stereocenters. The van der Waals surface area contributed by atoms with Crippen LogP contribution in [-0.4, -0.2) is 0 Å². The van der Waals surface area contributed by atoms with E-state index in [-0.39, 0.29) is 0 Å². The number of nitriles is 1. The van der Waals surface area contributed by atoms with Crippen LogP contribution in [0.25, 0.3) is 0 Å². The quantitative estimate of drug-likeness (QED) is 0.893. The average molecular weight is 356 g/mol. The maximum atomic E-state index is 8.97. The molecule has 1 aromatic heterocycles. The van der Waals surface area contributed by atoms with E-state index in [1.54, 1.807) is 6.07 Å². The maximum absolute atomic E-state index is 8.97. The summed E-state index contributed by atoms with van der Waals surface area (Å²) in [6, 6.07) is 11.3. The molecule has 86 valence electrons. The molecule has 0 saturated heterocycles. The van der Waals surface area contributed by atoms with Crippen LogP contribution in [0, 0.1) is 11.3 Å². The third-order valence-corrected chi connectivity index (χ3v) is 3.10. The Balaban J connectivity index is 2.13. The molecule has 0 aliphatic carbocycles. The molecule has 0 unspecified atom stereocenters. The fraction of sp³-hybridized carbons (Fsp3) is 0.0833. The van der Waals surface area contributed by atoms with Crippen LogP contribution in [0.2, 0.25) is 0 Å². The number of nitrogens with zero attached hydrogens (tertiary/aromatic N) is 1. The lowest BCUT2D eigenvalue weighted by molar-refractivity contribution is 0.495. The Morgan fingerprint density at radius 3 is 2.71 bits per heavy atom. The first kappa shape index (κ1) is 12.2. The largest absolute Gasteiger partial charge is 0.452 e. The predicted octanol–water partition coefficient (Wildman–Crippen LogP) is 4.29. The number of rotatable bonds is 3. The van der Waals surface area contributed by atoms with Crippen molar-refractivity contribution < 1.29 is 4.42 Å². The lowest BCUT2D eigenvalue weighted by Gasteiger charge is -2.06. The maximum Gasteiger partial charge on any atom is 0.169 e. The number of halogens is 2. The molecule has 0 saturated carbocycles. The highest BCUT2D eigenvalue weighted by molar-refractivity contribution is 9.10. The summed E-state index contributed by atoms with van der Waals surface area (Å²) in [6.07, 6.45) is 0. The summed E-state index contributed by atoms with van der Waals surface area (Å²) >= 11 is 6.62. The normalized spacial score (nSPS) is 9.94. The van der Waals surface area contributed by atoms with E-state index in [9.17, 15) is 0 Å². The van der Waals surface area contributed by atoms with Gasteiger partial charge in [-0.3, -0.25) is 0 Å². The number of benzene rings is 1. The van der Waals surface area contributed by atoms with Gasteiger partial charge in [0.05, 0.1) is 17.8 Å². The van der Waals surface area contributed by atoms with Crippen LogP contribution in [-0.2, 0) is 6.54 Å². The van der Waals surface area contributed by atoms with Gasteiger partial charge in [0.1, 0.15) is 11.8 Å². The molecular weight excluding hydrogens is 348 g/mol. The summed E-state index contributed by atoms with van der Waals surface area (Å²) in [6.45, 7) is 0.538. The second kappa shape index (κ2) is 5.39. The lowest BCUT2D eigenvalue weighted by Crippen LogP contribution is -2.00. The molecule has 2 rings (SSSR count). The molecule has 0 bridgehead atoms. The second-order valence-electron chi connectivity index (χ2n) is 3.36. The van der Waals surface area contributed by atoms with Crippen molar-refractivity contribution in [2.75, 3.05) is 5.32 Å². The summed E-state index contributed by atoms with van der Waals surface area (Å²) in [5, 5.41) is 12.1. The highest BCUT2D eigenvalue weighted by Crippen LogP contribution is 2.22. The molecule has 1 N–H and O–H groups in total. The SMILES string of the molecule is N#Cc1ccc(Br)cc1NCc1ccc(Br)o1. The molecule has 0 fully saturated rings. The zero-order valence-electron chi connectivity index (χ0n) is 8.71. The monoisotopic (exact) mass is 354 g/mol. The number of anilines is 1. The van der Waals surface area contributed by atoms with Gasteiger partial charge in [-0.15, -0.1) is 0 Å².